The minimum absolute atomic E-state index is 0.495. The Kier molecular flexibility index (Phi) is 10.8. The summed E-state index contributed by atoms with van der Waals surface area (Å²) in [7, 11) is 0. The van der Waals surface area contributed by atoms with Crippen LogP contribution in [0.3, 0.4) is 0 Å². The summed E-state index contributed by atoms with van der Waals surface area (Å²) in [5, 5.41) is 0. The first-order valence-electron chi connectivity index (χ1n) is 18.0. The maximum Gasteiger partial charge on any atom is 0.205 e. The fraction of sp³-hybridized carbons (Fsp3) is 0.0816. The molecular formula is C49H44N3+. The summed E-state index contributed by atoms with van der Waals surface area (Å²) < 4.78 is 2.42. The van der Waals surface area contributed by atoms with E-state index >= 15 is 0 Å². The first kappa shape index (κ1) is 34.0. The van der Waals surface area contributed by atoms with Gasteiger partial charge in [0.05, 0.1) is 0 Å². The topological polar surface area (TPSA) is 10.4 Å². The van der Waals surface area contributed by atoms with Gasteiger partial charge in [-0.25, -0.2) is 0 Å². The van der Waals surface area contributed by atoms with E-state index in [0.717, 1.165) is 51.8 Å². The van der Waals surface area contributed by atoms with E-state index in [1.165, 1.54) is 11.4 Å². The van der Waals surface area contributed by atoms with Crippen LogP contribution in [-0.4, -0.2) is 0 Å². The minimum atomic E-state index is 0.495. The molecule has 0 N–H and O–H groups in total. The van der Waals surface area contributed by atoms with Crippen molar-refractivity contribution in [2.75, 3.05) is 9.80 Å². The van der Waals surface area contributed by atoms with Crippen molar-refractivity contribution < 1.29 is 4.57 Å². The number of hydrogen-bond donors (Lipinski definition) is 0. The normalized spacial score (nSPS) is 11.4. The van der Waals surface area contributed by atoms with E-state index in [1.807, 2.05) is 0 Å². The van der Waals surface area contributed by atoms with Gasteiger partial charge in [-0.15, -0.1) is 0 Å². The number of para-hydroxylation sites is 4. The molecule has 0 atom stereocenters. The van der Waals surface area contributed by atoms with Gasteiger partial charge in [0.25, 0.3) is 0 Å². The highest BCUT2D eigenvalue weighted by atomic mass is 15.1. The minimum Gasteiger partial charge on any atom is -0.311 e. The summed E-state index contributed by atoms with van der Waals surface area (Å²) in [5.74, 6) is 0.495. The molecule has 0 fully saturated rings. The third kappa shape index (κ3) is 8.29. The first-order valence-corrected chi connectivity index (χ1v) is 18.0. The van der Waals surface area contributed by atoms with Crippen molar-refractivity contribution in [1.82, 2.24) is 0 Å². The van der Waals surface area contributed by atoms with Crippen LogP contribution in [0.1, 0.15) is 36.4 Å². The molecule has 0 bridgehead atoms. The molecule has 0 amide bonds. The fourth-order valence-electron chi connectivity index (χ4n) is 6.48. The van der Waals surface area contributed by atoms with Crippen molar-refractivity contribution in [2.24, 2.45) is 5.92 Å². The molecular weight excluding hydrogens is 631 g/mol. The Bertz CT molecular complexity index is 1970. The number of nitrogens with zero attached hydrogens (tertiary/aromatic N) is 3. The van der Waals surface area contributed by atoms with Crippen LogP contribution in [-0.2, 0) is 6.54 Å². The van der Waals surface area contributed by atoms with Crippen molar-refractivity contribution in [2.45, 2.75) is 20.4 Å². The van der Waals surface area contributed by atoms with Gasteiger partial charge < -0.3 is 9.80 Å². The highest BCUT2D eigenvalue weighted by molar-refractivity contribution is 5.79. The zero-order valence-corrected chi connectivity index (χ0v) is 29.8. The predicted molar refractivity (Wildman–Crippen MR) is 222 cm³/mol. The van der Waals surface area contributed by atoms with Crippen LogP contribution in [0.15, 0.2) is 188 Å². The van der Waals surface area contributed by atoms with E-state index in [1.54, 1.807) is 0 Å². The Morgan fingerprint density at radius 2 is 0.673 bits per heavy atom. The molecule has 6 aromatic carbocycles. The van der Waals surface area contributed by atoms with Crippen molar-refractivity contribution in [3.8, 4) is 0 Å². The molecule has 7 rings (SSSR count). The van der Waals surface area contributed by atoms with Gasteiger partial charge in [0.1, 0.15) is 0 Å². The number of rotatable bonds is 12. The van der Waals surface area contributed by atoms with Gasteiger partial charge in [-0.1, -0.05) is 111 Å². The van der Waals surface area contributed by atoms with Gasteiger partial charge in [-0.3, -0.25) is 0 Å². The summed E-state index contributed by atoms with van der Waals surface area (Å²) in [6.45, 7) is 5.47. The van der Waals surface area contributed by atoms with Crippen LogP contribution in [0, 0.1) is 5.92 Å². The molecule has 3 heteroatoms. The van der Waals surface area contributed by atoms with Crippen LogP contribution in [0.4, 0.5) is 34.1 Å². The van der Waals surface area contributed by atoms with E-state index in [9.17, 15) is 0 Å². The molecule has 0 saturated carbocycles. The predicted octanol–water partition coefficient (Wildman–Crippen LogP) is 12.9. The molecule has 0 saturated heterocycles. The van der Waals surface area contributed by atoms with Crippen molar-refractivity contribution >= 4 is 58.4 Å². The van der Waals surface area contributed by atoms with Crippen molar-refractivity contribution in [3.63, 3.8) is 0 Å². The SMILES string of the molecule is CC(C)C[n+]1c(/C=C/c2ccc(N(c3ccccc3)c3ccccc3)cc2)cccc1/C=C/c1ccc(N(c2ccccc2)c2ccccc2)cc1. The molecule has 7 aromatic rings. The third-order valence-corrected chi connectivity index (χ3v) is 8.96. The second-order valence-corrected chi connectivity index (χ2v) is 13.2. The monoisotopic (exact) mass is 674 g/mol. The van der Waals surface area contributed by atoms with Crippen LogP contribution in [0.5, 0.6) is 0 Å². The summed E-state index contributed by atoms with van der Waals surface area (Å²) in [5.41, 5.74) is 11.4. The van der Waals surface area contributed by atoms with Gasteiger partial charge in [-0.2, -0.15) is 4.57 Å². The van der Waals surface area contributed by atoms with Crippen LogP contribution in [0.25, 0.3) is 24.3 Å². The lowest BCUT2D eigenvalue weighted by molar-refractivity contribution is -0.705. The number of benzene rings is 6. The van der Waals surface area contributed by atoms with Crippen LogP contribution < -0.4 is 14.4 Å². The zero-order valence-electron chi connectivity index (χ0n) is 29.8. The quantitative estimate of drug-likeness (QED) is 0.119. The maximum absolute atomic E-state index is 2.42. The number of pyridine rings is 1. The first-order chi connectivity index (χ1) is 25.6. The standard InChI is InChI=1S/C49H44N3/c1-39(2)38-50-42(32-26-40-28-34-48(35-29-40)51(44-16-7-3-8-17-44)45-18-9-4-10-19-45)24-15-25-43(50)33-27-41-30-36-49(37-31-41)52(46-20-11-5-12-21-46)47-22-13-6-14-23-47/h3-37,39H,38H2,1-2H3/q+1. The molecule has 0 radical (unpaired) electrons. The second kappa shape index (κ2) is 16.5. The van der Waals surface area contributed by atoms with Crippen LogP contribution in [0.2, 0.25) is 0 Å². The van der Waals surface area contributed by atoms with Gasteiger partial charge in [-0.05, 0) is 102 Å². The largest absolute Gasteiger partial charge is 0.311 e. The van der Waals surface area contributed by atoms with E-state index in [0.29, 0.717) is 5.92 Å². The van der Waals surface area contributed by atoms with Gasteiger partial charge >= 0.3 is 0 Å². The Morgan fingerprint density at radius 3 is 0.981 bits per heavy atom. The smallest absolute Gasteiger partial charge is 0.205 e. The highest BCUT2D eigenvalue weighted by Crippen LogP contribution is 2.35. The average molecular weight is 675 g/mol. The Balaban J connectivity index is 1.12. The summed E-state index contributed by atoms with van der Waals surface area (Å²) in [6.07, 6.45) is 8.89. The van der Waals surface area contributed by atoms with Gasteiger partial charge in [0.2, 0.25) is 11.4 Å². The van der Waals surface area contributed by atoms with E-state index in [4.69, 9.17) is 0 Å². The Labute approximate surface area is 308 Å². The molecule has 0 aliphatic rings. The van der Waals surface area contributed by atoms with E-state index < -0.39 is 0 Å². The third-order valence-electron chi connectivity index (χ3n) is 8.96. The molecule has 3 nitrogen and oxygen atoms in total. The Hall–Kier alpha value is -6.45. The van der Waals surface area contributed by atoms with E-state index in [-0.39, 0.29) is 0 Å². The molecule has 0 aliphatic carbocycles. The van der Waals surface area contributed by atoms with Crippen molar-refractivity contribution in [3.05, 3.63) is 211 Å². The van der Waals surface area contributed by atoms with Crippen LogP contribution >= 0.6 is 0 Å². The van der Waals surface area contributed by atoms with Gasteiger partial charge in [0.15, 0.2) is 6.54 Å². The summed E-state index contributed by atoms with van der Waals surface area (Å²) in [6, 6.07) is 66.2. The van der Waals surface area contributed by atoms with Gasteiger partial charge in [0, 0.05) is 64.3 Å². The molecule has 0 unspecified atom stereocenters. The van der Waals surface area contributed by atoms with E-state index in [2.05, 4.69) is 241 Å². The Morgan fingerprint density at radius 1 is 0.365 bits per heavy atom. The average Bonchev–Trinajstić information content (AvgIpc) is 3.20. The fourth-order valence-corrected chi connectivity index (χ4v) is 6.48. The molecule has 52 heavy (non-hydrogen) atoms. The summed E-state index contributed by atoms with van der Waals surface area (Å²) >= 11 is 0. The highest BCUT2D eigenvalue weighted by Gasteiger charge is 2.16. The molecule has 0 spiro atoms. The second-order valence-electron chi connectivity index (χ2n) is 13.2. The number of hydrogen-bond acceptors (Lipinski definition) is 2. The lowest BCUT2D eigenvalue weighted by Crippen LogP contribution is -2.42. The molecule has 0 aliphatic heterocycles. The molecule has 1 heterocycles. The summed E-state index contributed by atoms with van der Waals surface area (Å²) in [4.78, 5) is 4.58. The van der Waals surface area contributed by atoms with Crippen molar-refractivity contribution in [1.29, 1.82) is 0 Å². The molecule has 1 aromatic heterocycles. The maximum atomic E-state index is 2.42. The lowest BCUT2D eigenvalue weighted by Gasteiger charge is -2.25. The molecule has 254 valence electrons. The zero-order chi connectivity index (χ0) is 35.5. The lowest BCUT2D eigenvalue weighted by atomic mass is 10.1. The number of aromatic nitrogens is 1. The number of anilines is 6.